The molecule has 16 heavy (non-hydrogen) atoms. The lowest BCUT2D eigenvalue weighted by Crippen LogP contribution is -2.12. The summed E-state index contributed by atoms with van der Waals surface area (Å²) in [7, 11) is 0. The lowest BCUT2D eigenvalue weighted by molar-refractivity contribution is 1.00. The fourth-order valence-electron chi connectivity index (χ4n) is 1.29. The highest BCUT2D eigenvalue weighted by molar-refractivity contribution is 9.10. The first-order valence-corrected chi connectivity index (χ1v) is 7.91. The van der Waals surface area contributed by atoms with Gasteiger partial charge in [-0.2, -0.15) is 11.8 Å². The van der Waals surface area contributed by atoms with Crippen molar-refractivity contribution in [3.63, 3.8) is 0 Å². The van der Waals surface area contributed by atoms with E-state index in [9.17, 15) is 0 Å². The van der Waals surface area contributed by atoms with E-state index in [1.165, 1.54) is 4.70 Å². The summed E-state index contributed by atoms with van der Waals surface area (Å²) in [6.07, 6.45) is 2.13. The number of hydrogen-bond acceptors (Lipinski definition) is 4. The smallest absolute Gasteiger partial charge is 0.183 e. The van der Waals surface area contributed by atoms with Gasteiger partial charge in [0.1, 0.15) is 0 Å². The van der Waals surface area contributed by atoms with Crippen LogP contribution in [-0.4, -0.2) is 23.0 Å². The van der Waals surface area contributed by atoms with Crippen molar-refractivity contribution in [1.82, 2.24) is 4.98 Å². The molecule has 1 heterocycles. The summed E-state index contributed by atoms with van der Waals surface area (Å²) < 4.78 is 2.32. The van der Waals surface area contributed by atoms with Gasteiger partial charge in [0.25, 0.3) is 0 Å². The third-order valence-corrected chi connectivity index (χ3v) is 4.73. The van der Waals surface area contributed by atoms with E-state index in [4.69, 9.17) is 0 Å². The molecule has 0 aliphatic rings. The van der Waals surface area contributed by atoms with Gasteiger partial charge in [-0.1, -0.05) is 34.2 Å². The highest BCUT2D eigenvalue weighted by atomic mass is 79.9. The summed E-state index contributed by atoms with van der Waals surface area (Å²) >= 11 is 7.03. The SMILES string of the molecule is CSC(C)CNc1nc2ccc(Br)cc2s1. The van der Waals surface area contributed by atoms with Crippen molar-refractivity contribution >= 4 is 54.4 Å². The third-order valence-electron chi connectivity index (χ3n) is 2.29. The van der Waals surface area contributed by atoms with Crippen LogP contribution >= 0.6 is 39.0 Å². The minimum atomic E-state index is 0.610. The zero-order valence-electron chi connectivity index (χ0n) is 9.16. The van der Waals surface area contributed by atoms with Gasteiger partial charge in [-0.05, 0) is 24.5 Å². The molecule has 0 fully saturated rings. The summed E-state index contributed by atoms with van der Waals surface area (Å²) in [6.45, 7) is 3.17. The number of thioether (sulfide) groups is 1. The van der Waals surface area contributed by atoms with Crippen molar-refractivity contribution in [3.05, 3.63) is 22.7 Å². The molecule has 2 nitrogen and oxygen atoms in total. The lowest BCUT2D eigenvalue weighted by atomic mass is 10.3. The number of nitrogens with one attached hydrogen (secondary N) is 1. The first kappa shape index (κ1) is 12.2. The third kappa shape index (κ3) is 2.90. The number of hydrogen-bond donors (Lipinski definition) is 1. The minimum Gasteiger partial charge on any atom is -0.360 e. The van der Waals surface area contributed by atoms with E-state index in [1.807, 2.05) is 23.9 Å². The van der Waals surface area contributed by atoms with Crippen LogP contribution in [0.3, 0.4) is 0 Å². The Hall–Kier alpha value is -0.260. The number of fused-ring (bicyclic) bond motifs is 1. The summed E-state index contributed by atoms with van der Waals surface area (Å²) in [5, 5.41) is 4.99. The average molecular weight is 317 g/mol. The minimum absolute atomic E-state index is 0.610. The zero-order valence-corrected chi connectivity index (χ0v) is 12.4. The van der Waals surface area contributed by atoms with Crippen LogP contribution in [0.4, 0.5) is 5.13 Å². The Labute approximate surface area is 112 Å². The second-order valence-corrected chi connectivity index (χ2v) is 6.78. The van der Waals surface area contributed by atoms with Gasteiger partial charge >= 0.3 is 0 Å². The van der Waals surface area contributed by atoms with Crippen LogP contribution in [0.2, 0.25) is 0 Å². The normalized spacial score (nSPS) is 12.9. The number of halogens is 1. The number of aromatic nitrogens is 1. The fourth-order valence-corrected chi connectivity index (χ4v) is 2.96. The van der Waals surface area contributed by atoms with Crippen LogP contribution in [-0.2, 0) is 0 Å². The van der Waals surface area contributed by atoms with Gasteiger partial charge < -0.3 is 5.32 Å². The molecule has 2 aromatic rings. The first-order chi connectivity index (χ1) is 7.69. The predicted molar refractivity (Wildman–Crippen MR) is 78.8 cm³/mol. The molecular formula is C11H13BrN2S2. The highest BCUT2D eigenvalue weighted by Crippen LogP contribution is 2.28. The molecule has 0 saturated heterocycles. The van der Waals surface area contributed by atoms with Gasteiger partial charge in [0.2, 0.25) is 0 Å². The monoisotopic (exact) mass is 316 g/mol. The fraction of sp³-hybridized carbons (Fsp3) is 0.364. The predicted octanol–water partition coefficient (Wildman–Crippen LogP) is 4.22. The number of anilines is 1. The van der Waals surface area contributed by atoms with Crippen LogP contribution < -0.4 is 5.32 Å². The molecule has 86 valence electrons. The molecule has 0 spiro atoms. The molecule has 2 rings (SSSR count). The van der Waals surface area contributed by atoms with Crippen molar-refractivity contribution in [2.75, 3.05) is 18.1 Å². The molecule has 5 heteroatoms. The van der Waals surface area contributed by atoms with E-state index in [0.717, 1.165) is 21.7 Å². The number of rotatable bonds is 4. The summed E-state index contributed by atoms with van der Waals surface area (Å²) in [4.78, 5) is 4.54. The van der Waals surface area contributed by atoms with Crippen LogP contribution in [0.25, 0.3) is 10.2 Å². The van der Waals surface area contributed by atoms with Crippen LogP contribution in [0.5, 0.6) is 0 Å². The summed E-state index contributed by atoms with van der Waals surface area (Å²) in [6, 6.07) is 6.17. The Morgan fingerprint density at radius 2 is 2.38 bits per heavy atom. The van der Waals surface area contributed by atoms with E-state index in [2.05, 4.69) is 45.5 Å². The topological polar surface area (TPSA) is 24.9 Å². The first-order valence-electron chi connectivity index (χ1n) is 5.02. The molecule has 0 aliphatic carbocycles. The van der Waals surface area contributed by atoms with Crippen molar-refractivity contribution in [1.29, 1.82) is 0 Å². The molecule has 0 radical (unpaired) electrons. The van der Waals surface area contributed by atoms with Crippen molar-refractivity contribution in [2.45, 2.75) is 12.2 Å². The standard InChI is InChI=1S/C11H13BrN2S2/c1-7(15-2)6-13-11-14-9-4-3-8(12)5-10(9)16-11/h3-5,7H,6H2,1-2H3,(H,13,14). The molecule has 0 aliphatic heterocycles. The highest BCUT2D eigenvalue weighted by Gasteiger charge is 2.05. The number of benzene rings is 1. The maximum absolute atomic E-state index is 4.54. The molecular weight excluding hydrogens is 304 g/mol. The van der Waals surface area contributed by atoms with E-state index in [-0.39, 0.29) is 0 Å². The lowest BCUT2D eigenvalue weighted by Gasteiger charge is -2.07. The van der Waals surface area contributed by atoms with Gasteiger partial charge in [0.05, 0.1) is 10.2 Å². The van der Waals surface area contributed by atoms with Crippen LogP contribution in [0.1, 0.15) is 6.92 Å². The molecule has 1 aromatic heterocycles. The Morgan fingerprint density at radius 1 is 1.56 bits per heavy atom. The maximum Gasteiger partial charge on any atom is 0.183 e. The molecule has 1 N–H and O–H groups in total. The molecule has 1 aromatic carbocycles. The zero-order chi connectivity index (χ0) is 11.5. The quantitative estimate of drug-likeness (QED) is 0.914. The Morgan fingerprint density at radius 3 is 3.12 bits per heavy atom. The van der Waals surface area contributed by atoms with Crippen LogP contribution in [0.15, 0.2) is 22.7 Å². The van der Waals surface area contributed by atoms with Crippen LogP contribution in [0, 0.1) is 0 Å². The average Bonchev–Trinajstić information content (AvgIpc) is 2.67. The van der Waals surface area contributed by atoms with E-state index in [1.54, 1.807) is 11.3 Å². The largest absolute Gasteiger partial charge is 0.360 e. The second-order valence-electron chi connectivity index (χ2n) is 3.56. The molecule has 1 unspecified atom stereocenters. The Balaban J connectivity index is 2.13. The molecule has 0 bridgehead atoms. The second kappa shape index (κ2) is 5.38. The summed E-state index contributed by atoms with van der Waals surface area (Å²) in [5.41, 5.74) is 1.06. The Kier molecular flexibility index (Phi) is 4.10. The number of thiazole rings is 1. The Bertz CT molecular complexity index is 484. The molecule has 0 saturated carbocycles. The van der Waals surface area contributed by atoms with Gasteiger partial charge in [-0.3, -0.25) is 0 Å². The summed E-state index contributed by atoms with van der Waals surface area (Å²) in [5.74, 6) is 0. The van der Waals surface area contributed by atoms with Gasteiger partial charge in [0, 0.05) is 16.3 Å². The maximum atomic E-state index is 4.54. The number of nitrogens with zero attached hydrogens (tertiary/aromatic N) is 1. The van der Waals surface area contributed by atoms with Gasteiger partial charge in [0.15, 0.2) is 5.13 Å². The van der Waals surface area contributed by atoms with Crippen molar-refractivity contribution in [3.8, 4) is 0 Å². The van der Waals surface area contributed by atoms with Crippen molar-refractivity contribution in [2.24, 2.45) is 0 Å². The van der Waals surface area contributed by atoms with E-state index < -0.39 is 0 Å². The van der Waals surface area contributed by atoms with Gasteiger partial charge in [-0.25, -0.2) is 4.98 Å². The van der Waals surface area contributed by atoms with E-state index in [0.29, 0.717) is 5.25 Å². The van der Waals surface area contributed by atoms with Gasteiger partial charge in [-0.15, -0.1) is 0 Å². The molecule has 0 amide bonds. The van der Waals surface area contributed by atoms with Crippen molar-refractivity contribution < 1.29 is 0 Å². The van der Waals surface area contributed by atoms with E-state index >= 15 is 0 Å². The molecule has 1 atom stereocenters.